The number of nitrogens with zero attached hydrogens (tertiary/aromatic N) is 3. The Labute approximate surface area is 183 Å². The molecular formula is C22H23BrFN5O. The highest BCUT2D eigenvalue weighted by Gasteiger charge is 2.32. The van der Waals surface area contributed by atoms with E-state index >= 15 is 0 Å². The molecule has 6 nitrogen and oxygen atoms in total. The summed E-state index contributed by atoms with van der Waals surface area (Å²) < 4.78 is 16.5. The first-order valence-electron chi connectivity index (χ1n) is 9.68. The normalized spacial score (nSPS) is 13.8. The Balaban J connectivity index is 1.74. The Hall–Kier alpha value is -2.71. The van der Waals surface area contributed by atoms with Gasteiger partial charge in [-0.25, -0.2) is 9.37 Å². The van der Waals surface area contributed by atoms with Crippen molar-refractivity contribution in [1.29, 1.82) is 0 Å². The Morgan fingerprint density at radius 2 is 1.80 bits per heavy atom. The van der Waals surface area contributed by atoms with E-state index in [1.54, 1.807) is 30.9 Å². The van der Waals surface area contributed by atoms with Crippen molar-refractivity contribution in [2.24, 2.45) is 5.73 Å². The van der Waals surface area contributed by atoms with Gasteiger partial charge in [-0.3, -0.25) is 4.79 Å². The van der Waals surface area contributed by atoms with Crippen molar-refractivity contribution in [1.82, 2.24) is 14.5 Å². The van der Waals surface area contributed by atoms with Crippen molar-refractivity contribution in [3.05, 3.63) is 64.6 Å². The van der Waals surface area contributed by atoms with Crippen LogP contribution in [0.25, 0.3) is 11.3 Å². The van der Waals surface area contributed by atoms with Crippen LogP contribution in [0.1, 0.15) is 19.7 Å². The molecule has 0 aliphatic carbocycles. The maximum absolute atomic E-state index is 13.5. The van der Waals surface area contributed by atoms with E-state index < -0.39 is 5.54 Å². The first kappa shape index (κ1) is 20.6. The quantitative estimate of drug-likeness (QED) is 0.595. The molecule has 0 spiro atoms. The van der Waals surface area contributed by atoms with E-state index in [0.717, 1.165) is 27.4 Å². The van der Waals surface area contributed by atoms with Gasteiger partial charge in [0.2, 0.25) is 5.91 Å². The highest BCUT2D eigenvalue weighted by atomic mass is 79.9. The number of halogens is 2. The van der Waals surface area contributed by atoms with Crippen LogP contribution in [0, 0.1) is 5.82 Å². The van der Waals surface area contributed by atoms with Gasteiger partial charge in [0.05, 0.1) is 12.1 Å². The van der Waals surface area contributed by atoms with E-state index in [4.69, 9.17) is 10.7 Å². The van der Waals surface area contributed by atoms with Gasteiger partial charge in [-0.2, -0.15) is 0 Å². The van der Waals surface area contributed by atoms with E-state index in [1.807, 2.05) is 24.3 Å². The molecule has 156 valence electrons. The van der Waals surface area contributed by atoms with Gasteiger partial charge in [0, 0.05) is 28.8 Å². The van der Waals surface area contributed by atoms with Gasteiger partial charge in [-0.1, -0.05) is 15.9 Å². The highest BCUT2D eigenvalue weighted by molar-refractivity contribution is 9.10. The standard InChI is InChI=1S/C22H23BrFN5O/c1-22(2,25)21(30)28-11-12-29-18(13-28)27-19(14-3-7-16(24)8-4-14)20(29)26-17-9-5-15(23)6-10-17/h3-10,26H,11-13,25H2,1-2H3. The third kappa shape index (κ3) is 4.11. The second-order valence-electron chi connectivity index (χ2n) is 7.96. The van der Waals surface area contributed by atoms with Crippen molar-refractivity contribution in [2.45, 2.75) is 32.5 Å². The lowest BCUT2D eigenvalue weighted by Gasteiger charge is -2.33. The molecule has 0 saturated heterocycles. The van der Waals surface area contributed by atoms with Crippen LogP contribution < -0.4 is 11.1 Å². The number of nitrogens with two attached hydrogens (primary N) is 1. The summed E-state index contributed by atoms with van der Waals surface area (Å²) in [4.78, 5) is 19.2. The fourth-order valence-electron chi connectivity index (χ4n) is 3.52. The van der Waals surface area contributed by atoms with Crippen LogP contribution in [0.5, 0.6) is 0 Å². The van der Waals surface area contributed by atoms with Crippen LogP contribution in [0.3, 0.4) is 0 Å². The molecule has 3 N–H and O–H groups in total. The summed E-state index contributed by atoms with van der Waals surface area (Å²) in [6, 6.07) is 14.1. The lowest BCUT2D eigenvalue weighted by Crippen LogP contribution is -2.52. The Kier molecular flexibility index (Phi) is 5.38. The number of fused-ring (bicyclic) bond motifs is 1. The molecule has 0 saturated carbocycles. The lowest BCUT2D eigenvalue weighted by molar-refractivity contribution is -0.137. The predicted octanol–water partition coefficient (Wildman–Crippen LogP) is 4.27. The van der Waals surface area contributed by atoms with Crippen LogP contribution >= 0.6 is 15.9 Å². The van der Waals surface area contributed by atoms with Crippen LogP contribution in [-0.4, -0.2) is 32.4 Å². The SMILES string of the molecule is CC(C)(N)C(=O)N1CCn2c(nc(-c3ccc(F)cc3)c2Nc2ccc(Br)cc2)C1. The fourth-order valence-corrected chi connectivity index (χ4v) is 3.78. The zero-order chi connectivity index (χ0) is 21.5. The number of benzene rings is 2. The van der Waals surface area contributed by atoms with Gasteiger partial charge >= 0.3 is 0 Å². The van der Waals surface area contributed by atoms with Crippen LogP contribution in [-0.2, 0) is 17.9 Å². The molecule has 4 rings (SSSR count). The largest absolute Gasteiger partial charge is 0.340 e. The highest BCUT2D eigenvalue weighted by Crippen LogP contribution is 2.33. The van der Waals surface area contributed by atoms with Crippen molar-refractivity contribution < 1.29 is 9.18 Å². The summed E-state index contributed by atoms with van der Waals surface area (Å²) >= 11 is 3.45. The van der Waals surface area contributed by atoms with Gasteiger partial charge < -0.3 is 20.5 Å². The maximum Gasteiger partial charge on any atom is 0.242 e. The summed E-state index contributed by atoms with van der Waals surface area (Å²) in [7, 11) is 0. The summed E-state index contributed by atoms with van der Waals surface area (Å²) in [5.41, 5.74) is 7.50. The molecule has 1 aromatic heterocycles. The zero-order valence-corrected chi connectivity index (χ0v) is 18.4. The minimum Gasteiger partial charge on any atom is -0.340 e. The number of carbonyl (C=O) groups is 1. The monoisotopic (exact) mass is 471 g/mol. The van der Waals surface area contributed by atoms with Crippen LogP contribution in [0.2, 0.25) is 0 Å². The smallest absolute Gasteiger partial charge is 0.242 e. The Bertz CT molecular complexity index is 1070. The third-order valence-electron chi connectivity index (χ3n) is 5.04. The van der Waals surface area contributed by atoms with Gasteiger partial charge in [0.1, 0.15) is 23.2 Å². The minimum atomic E-state index is -0.937. The van der Waals surface area contributed by atoms with E-state index in [0.29, 0.717) is 25.3 Å². The number of rotatable bonds is 4. The topological polar surface area (TPSA) is 76.2 Å². The number of hydrogen-bond acceptors (Lipinski definition) is 4. The molecule has 0 bridgehead atoms. The molecule has 0 atom stereocenters. The van der Waals surface area contributed by atoms with Gasteiger partial charge in [-0.15, -0.1) is 0 Å². The maximum atomic E-state index is 13.5. The Morgan fingerprint density at radius 1 is 1.13 bits per heavy atom. The number of anilines is 2. The first-order valence-corrected chi connectivity index (χ1v) is 10.5. The van der Waals surface area contributed by atoms with E-state index in [2.05, 4.69) is 25.8 Å². The van der Waals surface area contributed by atoms with Crippen LogP contribution in [0.15, 0.2) is 53.0 Å². The zero-order valence-electron chi connectivity index (χ0n) is 16.8. The molecular weight excluding hydrogens is 449 g/mol. The van der Waals surface area contributed by atoms with Crippen LogP contribution in [0.4, 0.5) is 15.9 Å². The van der Waals surface area contributed by atoms with Gasteiger partial charge in [0.15, 0.2) is 0 Å². The molecule has 2 aromatic carbocycles. The molecule has 0 fully saturated rings. The average Bonchev–Trinajstić information content (AvgIpc) is 3.06. The summed E-state index contributed by atoms with van der Waals surface area (Å²) in [5.74, 6) is 1.17. The molecule has 2 heterocycles. The third-order valence-corrected chi connectivity index (χ3v) is 5.56. The molecule has 30 heavy (non-hydrogen) atoms. The van der Waals surface area contributed by atoms with E-state index in [-0.39, 0.29) is 11.7 Å². The number of imidazole rings is 1. The summed E-state index contributed by atoms with van der Waals surface area (Å²) in [6.07, 6.45) is 0. The molecule has 0 radical (unpaired) electrons. The van der Waals surface area contributed by atoms with Crippen molar-refractivity contribution in [3.63, 3.8) is 0 Å². The predicted molar refractivity (Wildman–Crippen MR) is 119 cm³/mol. The van der Waals surface area contributed by atoms with Gasteiger partial charge in [-0.05, 0) is 62.4 Å². The first-order chi connectivity index (χ1) is 14.2. The lowest BCUT2D eigenvalue weighted by atomic mass is 10.1. The van der Waals surface area contributed by atoms with Crippen molar-refractivity contribution in [2.75, 3.05) is 11.9 Å². The second-order valence-corrected chi connectivity index (χ2v) is 8.88. The summed E-state index contributed by atoms with van der Waals surface area (Å²) in [6.45, 7) is 4.92. The van der Waals surface area contributed by atoms with E-state index in [9.17, 15) is 9.18 Å². The molecule has 3 aromatic rings. The molecule has 8 heteroatoms. The van der Waals surface area contributed by atoms with Crippen molar-refractivity contribution in [3.8, 4) is 11.3 Å². The van der Waals surface area contributed by atoms with Crippen molar-refractivity contribution >= 4 is 33.3 Å². The number of carbonyl (C=O) groups excluding carboxylic acids is 1. The number of hydrogen-bond donors (Lipinski definition) is 2. The second kappa shape index (κ2) is 7.85. The molecule has 0 unspecified atom stereocenters. The van der Waals surface area contributed by atoms with Gasteiger partial charge in [0.25, 0.3) is 0 Å². The molecule has 1 amide bonds. The molecule has 1 aliphatic heterocycles. The fraction of sp³-hybridized carbons (Fsp3) is 0.273. The van der Waals surface area contributed by atoms with E-state index in [1.165, 1.54) is 12.1 Å². The number of nitrogens with one attached hydrogen (secondary N) is 1. The minimum absolute atomic E-state index is 0.109. The summed E-state index contributed by atoms with van der Waals surface area (Å²) in [5, 5.41) is 3.45. The molecule has 1 aliphatic rings. The number of aromatic nitrogens is 2. The number of amides is 1. The Morgan fingerprint density at radius 3 is 2.43 bits per heavy atom. The average molecular weight is 472 g/mol.